The first-order valence-electron chi connectivity index (χ1n) is 40.7. The Bertz CT molecular complexity index is 2630. The summed E-state index contributed by atoms with van der Waals surface area (Å²) >= 11 is 0. The number of allylic oxidation sites excluding steroid dienone is 26. The van der Waals surface area contributed by atoms with Crippen molar-refractivity contribution in [2.75, 3.05) is 39.6 Å². The van der Waals surface area contributed by atoms with E-state index in [9.17, 15) is 43.2 Å². The fourth-order valence-corrected chi connectivity index (χ4v) is 11.9. The number of hydrogen-bond donors (Lipinski definition) is 3. The topological polar surface area (TPSA) is 237 Å². The van der Waals surface area contributed by atoms with Crippen molar-refractivity contribution in [1.82, 2.24) is 0 Å². The summed E-state index contributed by atoms with van der Waals surface area (Å²) in [5.41, 5.74) is 0. The van der Waals surface area contributed by atoms with Crippen molar-refractivity contribution in [3.8, 4) is 0 Å². The molecule has 0 rings (SSSR count). The zero-order valence-corrected chi connectivity index (χ0v) is 67.8. The minimum absolute atomic E-state index is 0.0285. The quantitative estimate of drug-likeness (QED) is 0.0169. The molecule has 604 valence electrons. The van der Waals surface area contributed by atoms with Gasteiger partial charge >= 0.3 is 39.5 Å². The first-order chi connectivity index (χ1) is 51.7. The van der Waals surface area contributed by atoms with Crippen LogP contribution in [0.5, 0.6) is 0 Å². The average molecular weight is 1520 g/mol. The number of esters is 4. The third-order valence-corrected chi connectivity index (χ3v) is 18.4. The average Bonchev–Trinajstić information content (AvgIpc) is 0.901. The van der Waals surface area contributed by atoms with E-state index in [1.807, 2.05) is 18.2 Å². The first kappa shape index (κ1) is 101. The molecule has 3 N–H and O–H groups in total. The van der Waals surface area contributed by atoms with Crippen molar-refractivity contribution in [3.63, 3.8) is 0 Å². The molecule has 0 amide bonds. The van der Waals surface area contributed by atoms with E-state index >= 15 is 0 Å². The smallest absolute Gasteiger partial charge is 0.462 e. The largest absolute Gasteiger partial charge is 0.472 e. The molecule has 17 nitrogen and oxygen atoms in total. The lowest BCUT2D eigenvalue weighted by Crippen LogP contribution is -2.30. The summed E-state index contributed by atoms with van der Waals surface area (Å²) in [7, 11) is -10.00. The fraction of sp³-hybridized carbons (Fsp3) is 0.655. The molecule has 0 fully saturated rings. The van der Waals surface area contributed by atoms with E-state index in [0.29, 0.717) is 32.1 Å². The number of unbranched alkanes of at least 4 members (excludes halogenated alkanes) is 23. The van der Waals surface area contributed by atoms with Gasteiger partial charge in [-0.2, -0.15) is 0 Å². The van der Waals surface area contributed by atoms with Gasteiger partial charge in [-0.05, 0) is 154 Å². The van der Waals surface area contributed by atoms with Gasteiger partial charge in [0.15, 0.2) is 12.2 Å². The number of aliphatic hydroxyl groups excluding tert-OH is 1. The van der Waals surface area contributed by atoms with Crippen molar-refractivity contribution < 1.29 is 80.2 Å². The Morgan fingerprint density at radius 3 is 0.858 bits per heavy atom. The Hall–Kier alpha value is -5.32. The normalized spacial score (nSPS) is 14.7. The summed E-state index contributed by atoms with van der Waals surface area (Å²) in [4.78, 5) is 73.1. The molecule has 0 spiro atoms. The molecule has 0 saturated carbocycles. The van der Waals surface area contributed by atoms with Crippen LogP contribution in [0.1, 0.15) is 310 Å². The second kappa shape index (κ2) is 77.8. The van der Waals surface area contributed by atoms with Crippen LogP contribution in [-0.2, 0) is 65.4 Å². The van der Waals surface area contributed by atoms with Crippen molar-refractivity contribution in [3.05, 3.63) is 158 Å². The van der Waals surface area contributed by atoms with Crippen LogP contribution in [0.25, 0.3) is 0 Å². The third-order valence-electron chi connectivity index (χ3n) is 16.5. The highest BCUT2D eigenvalue weighted by Gasteiger charge is 2.30. The second-order valence-electron chi connectivity index (χ2n) is 26.6. The van der Waals surface area contributed by atoms with E-state index in [-0.39, 0.29) is 25.7 Å². The molecule has 0 aliphatic heterocycles. The van der Waals surface area contributed by atoms with Gasteiger partial charge in [0.1, 0.15) is 19.3 Å². The number of carbonyl (C=O) groups is 4. The van der Waals surface area contributed by atoms with E-state index in [1.54, 1.807) is 0 Å². The number of aliphatic hydroxyl groups is 1. The molecular weight excluding hydrogens is 1380 g/mol. The van der Waals surface area contributed by atoms with Gasteiger partial charge in [0.05, 0.1) is 26.4 Å². The molecule has 106 heavy (non-hydrogen) atoms. The van der Waals surface area contributed by atoms with Gasteiger partial charge in [-0.15, -0.1) is 0 Å². The molecule has 0 radical (unpaired) electrons. The first-order valence-corrected chi connectivity index (χ1v) is 43.7. The predicted molar refractivity (Wildman–Crippen MR) is 436 cm³/mol. The lowest BCUT2D eigenvalue weighted by atomic mass is 10.1. The number of phosphoric ester groups is 2. The Balaban J connectivity index is 5.44. The zero-order chi connectivity index (χ0) is 77.4. The number of hydrogen-bond acceptors (Lipinski definition) is 15. The van der Waals surface area contributed by atoms with Crippen molar-refractivity contribution >= 4 is 39.5 Å². The number of phosphoric acid groups is 2. The van der Waals surface area contributed by atoms with Crippen molar-refractivity contribution in [1.29, 1.82) is 0 Å². The van der Waals surface area contributed by atoms with Crippen LogP contribution in [0.15, 0.2) is 158 Å². The van der Waals surface area contributed by atoms with E-state index < -0.39 is 97.5 Å². The lowest BCUT2D eigenvalue weighted by molar-refractivity contribution is -0.161. The summed E-state index contributed by atoms with van der Waals surface area (Å²) in [5.74, 6) is -2.32. The number of rotatable bonds is 75. The summed E-state index contributed by atoms with van der Waals surface area (Å²) in [5, 5.41) is 10.6. The van der Waals surface area contributed by atoms with Crippen LogP contribution < -0.4 is 0 Å². The van der Waals surface area contributed by atoms with Crippen LogP contribution in [0.2, 0.25) is 0 Å². The Labute approximate surface area is 642 Å². The highest BCUT2D eigenvalue weighted by molar-refractivity contribution is 7.47. The summed E-state index contributed by atoms with van der Waals surface area (Å²) < 4.78 is 68.6. The van der Waals surface area contributed by atoms with Crippen LogP contribution in [-0.4, -0.2) is 96.7 Å². The van der Waals surface area contributed by atoms with E-state index in [4.69, 9.17) is 37.0 Å². The molecule has 0 aliphatic carbocycles. The summed E-state index contributed by atoms with van der Waals surface area (Å²) in [6.07, 6.45) is 90.9. The van der Waals surface area contributed by atoms with E-state index in [2.05, 4.69) is 167 Å². The molecule has 0 aliphatic rings. The Morgan fingerprint density at radius 2 is 0.528 bits per heavy atom. The number of ether oxygens (including phenoxy) is 4. The predicted octanol–water partition coefficient (Wildman–Crippen LogP) is 24.0. The Kier molecular flexibility index (Phi) is 73.9. The molecule has 0 aromatic rings. The summed E-state index contributed by atoms with van der Waals surface area (Å²) in [6.45, 7) is 4.45. The molecule has 0 heterocycles. The van der Waals surface area contributed by atoms with E-state index in [1.165, 1.54) is 38.5 Å². The van der Waals surface area contributed by atoms with Gasteiger partial charge in [0.25, 0.3) is 0 Å². The van der Waals surface area contributed by atoms with Gasteiger partial charge in [-0.3, -0.25) is 37.3 Å². The summed E-state index contributed by atoms with van der Waals surface area (Å²) in [6, 6.07) is 0. The molecular formula is C87H144O17P2. The van der Waals surface area contributed by atoms with Gasteiger partial charge < -0.3 is 33.8 Å². The molecule has 5 unspecified atom stereocenters. The SMILES string of the molecule is CC/C=C\C/C=C\C/C=C\C/C=C\C/C=C\C/C=C\CCC(=O)OCC(COP(=O)(O)OCC(O)COP(=O)(O)OCC(COC(=O)CCCCCCCC/C=C\C/C=C\C/C=C\C/C=C\CC)OC(=O)CCCCCCC/C=C\CCCCCCCC)OC(=O)CCCCCCC/C=C\C/C=C\CCC. The molecule has 0 saturated heterocycles. The maximum Gasteiger partial charge on any atom is 0.472 e. The number of carbonyl (C=O) groups excluding carboxylic acids is 4. The second-order valence-corrected chi connectivity index (χ2v) is 29.5. The molecule has 0 aromatic carbocycles. The fourth-order valence-electron chi connectivity index (χ4n) is 10.3. The monoisotopic (exact) mass is 1520 g/mol. The Morgan fingerprint density at radius 1 is 0.274 bits per heavy atom. The molecule has 19 heteroatoms. The van der Waals surface area contributed by atoms with Gasteiger partial charge in [0.2, 0.25) is 0 Å². The lowest BCUT2D eigenvalue weighted by Gasteiger charge is -2.21. The van der Waals surface area contributed by atoms with Crippen LogP contribution in [0.3, 0.4) is 0 Å². The highest BCUT2D eigenvalue weighted by Crippen LogP contribution is 2.45. The van der Waals surface area contributed by atoms with Crippen LogP contribution >= 0.6 is 15.6 Å². The zero-order valence-electron chi connectivity index (χ0n) is 66.1. The molecule has 5 atom stereocenters. The maximum atomic E-state index is 13.1. The highest BCUT2D eigenvalue weighted by atomic mass is 31.2. The molecule has 0 aromatic heterocycles. The minimum atomic E-state index is -5.00. The van der Waals surface area contributed by atoms with Gasteiger partial charge in [-0.25, -0.2) is 9.13 Å². The minimum Gasteiger partial charge on any atom is -0.462 e. The maximum absolute atomic E-state index is 13.1. The van der Waals surface area contributed by atoms with Gasteiger partial charge in [-0.1, -0.05) is 288 Å². The van der Waals surface area contributed by atoms with Crippen LogP contribution in [0, 0.1) is 0 Å². The third kappa shape index (κ3) is 76.9. The standard InChI is InChI=1S/C87H144O17P2/c1-5-9-13-17-21-25-29-33-36-38-40-42-45-48-51-55-59-63-67-71-84(89)97-77-82(103-86(91)73-69-65-61-57-53-47-32-28-24-20-16-12-8-4)79-101-105(93,94)99-75-81(88)76-100-106(95,96)102-80-83(104-87(92)74-70-66-62-58-54-50-44-35-31-27-23-19-15-11-7-3)78-98-85(90)72-68-64-60-56-52-49-46-43-41-39-37-34-30-26-22-18-14-10-6-2/h9-10,13-14,16,20-22,25-26,28,32-37,40-44,48,51,59,63,81-83,88H,5-8,11-12,15,17-19,23-24,27,29-31,38-39,45-47,49-50,52-58,60-62,64-80H2,1-4H3,(H,93,94)(H,95,96)/b13-9-,14-10-,20-16-,25-21-,26-22-,32-28-,36-33-,37-34-,42-40-,43-41-,44-35-,51-48-,63-59-. The van der Waals surface area contributed by atoms with E-state index in [0.717, 1.165) is 186 Å². The van der Waals surface area contributed by atoms with Crippen molar-refractivity contribution in [2.45, 2.75) is 329 Å². The molecule has 0 bridgehead atoms. The van der Waals surface area contributed by atoms with Crippen molar-refractivity contribution in [2.24, 2.45) is 0 Å². The van der Waals surface area contributed by atoms with Gasteiger partial charge in [0, 0.05) is 25.7 Å². The van der Waals surface area contributed by atoms with Crippen LogP contribution in [0.4, 0.5) is 0 Å².